The van der Waals surface area contributed by atoms with Crippen molar-refractivity contribution in [3.05, 3.63) is 33.6 Å². The lowest BCUT2D eigenvalue weighted by atomic mass is 10.2. The largest absolute Gasteiger partial charge is 0.252 e. The van der Waals surface area contributed by atoms with Gasteiger partial charge in [0.25, 0.3) is 0 Å². The van der Waals surface area contributed by atoms with Crippen molar-refractivity contribution in [1.82, 2.24) is 9.97 Å². The quantitative estimate of drug-likeness (QED) is 0.676. The number of rotatable bonds is 0. The molecule has 66 valence electrons. The van der Waals surface area contributed by atoms with Gasteiger partial charge >= 0.3 is 0 Å². The number of aromatic nitrogens is 2. The lowest BCUT2D eigenvalue weighted by molar-refractivity contribution is 1.21. The SMILES string of the molecule is Cc1cc2cc(Br)cnc2c(Cl)n1. The monoisotopic (exact) mass is 256 g/mol. The highest BCUT2D eigenvalue weighted by Gasteiger charge is 2.03. The number of halogens is 2. The van der Waals surface area contributed by atoms with Gasteiger partial charge in [-0.15, -0.1) is 0 Å². The zero-order valence-corrected chi connectivity index (χ0v) is 9.22. The van der Waals surface area contributed by atoms with Crippen molar-refractivity contribution in [2.24, 2.45) is 0 Å². The average Bonchev–Trinajstić information content (AvgIpc) is 2.02. The first-order valence-electron chi connectivity index (χ1n) is 3.75. The van der Waals surface area contributed by atoms with Gasteiger partial charge in [-0.3, -0.25) is 4.98 Å². The third-order valence-electron chi connectivity index (χ3n) is 1.72. The summed E-state index contributed by atoms with van der Waals surface area (Å²) < 4.78 is 0.946. The van der Waals surface area contributed by atoms with Gasteiger partial charge in [0.15, 0.2) is 5.15 Å². The van der Waals surface area contributed by atoms with E-state index >= 15 is 0 Å². The first-order chi connectivity index (χ1) is 6.16. The van der Waals surface area contributed by atoms with Crippen molar-refractivity contribution in [2.45, 2.75) is 6.92 Å². The Kier molecular flexibility index (Phi) is 2.22. The summed E-state index contributed by atoms with van der Waals surface area (Å²) in [4.78, 5) is 8.30. The second kappa shape index (κ2) is 3.24. The van der Waals surface area contributed by atoms with E-state index in [9.17, 15) is 0 Å². The summed E-state index contributed by atoms with van der Waals surface area (Å²) in [5, 5.41) is 1.47. The van der Waals surface area contributed by atoms with Gasteiger partial charge in [-0.05, 0) is 35.0 Å². The predicted octanol–water partition coefficient (Wildman–Crippen LogP) is 3.35. The Balaban J connectivity index is 2.86. The minimum atomic E-state index is 0.461. The van der Waals surface area contributed by atoms with Crippen LogP contribution in [-0.4, -0.2) is 9.97 Å². The van der Waals surface area contributed by atoms with E-state index in [0.29, 0.717) is 5.15 Å². The molecule has 0 bridgehead atoms. The molecule has 2 rings (SSSR count). The van der Waals surface area contributed by atoms with E-state index in [4.69, 9.17) is 11.6 Å². The molecule has 0 spiro atoms. The molecule has 0 aliphatic carbocycles. The number of hydrogen-bond acceptors (Lipinski definition) is 2. The number of hydrogen-bond donors (Lipinski definition) is 0. The van der Waals surface area contributed by atoms with Gasteiger partial charge in [-0.25, -0.2) is 4.98 Å². The minimum Gasteiger partial charge on any atom is -0.252 e. The molecule has 0 aliphatic heterocycles. The Bertz CT molecular complexity index is 465. The maximum atomic E-state index is 5.93. The van der Waals surface area contributed by atoms with Crippen LogP contribution in [0.5, 0.6) is 0 Å². The standard InChI is InChI=1S/C9H6BrClN2/c1-5-2-6-3-7(10)4-12-8(6)9(11)13-5/h2-4H,1H3. The molecule has 0 N–H and O–H groups in total. The van der Waals surface area contributed by atoms with E-state index in [1.165, 1.54) is 0 Å². The van der Waals surface area contributed by atoms with Gasteiger partial charge in [0, 0.05) is 21.7 Å². The molecule has 0 fully saturated rings. The van der Waals surface area contributed by atoms with Crippen LogP contribution in [0.15, 0.2) is 22.8 Å². The number of fused-ring (bicyclic) bond motifs is 1. The molecule has 2 aromatic heterocycles. The molecule has 0 amide bonds. The van der Waals surface area contributed by atoms with E-state index in [2.05, 4.69) is 25.9 Å². The van der Waals surface area contributed by atoms with Crippen LogP contribution in [-0.2, 0) is 0 Å². The van der Waals surface area contributed by atoms with Crippen LogP contribution in [0.25, 0.3) is 10.9 Å². The van der Waals surface area contributed by atoms with Crippen LogP contribution in [0.4, 0.5) is 0 Å². The summed E-state index contributed by atoms with van der Waals surface area (Å²) in [5.74, 6) is 0. The smallest absolute Gasteiger partial charge is 0.155 e. The van der Waals surface area contributed by atoms with Gasteiger partial charge in [0.1, 0.15) is 5.52 Å². The Labute approximate surface area is 89.1 Å². The molecule has 2 nitrogen and oxygen atoms in total. The average molecular weight is 258 g/mol. The Morgan fingerprint density at radius 3 is 2.92 bits per heavy atom. The topological polar surface area (TPSA) is 25.8 Å². The molecule has 0 aromatic carbocycles. The first-order valence-corrected chi connectivity index (χ1v) is 4.92. The van der Waals surface area contributed by atoms with E-state index in [1.54, 1.807) is 6.20 Å². The zero-order chi connectivity index (χ0) is 9.42. The van der Waals surface area contributed by atoms with Crippen LogP contribution in [0, 0.1) is 6.92 Å². The van der Waals surface area contributed by atoms with Crippen molar-refractivity contribution in [2.75, 3.05) is 0 Å². The summed E-state index contributed by atoms with van der Waals surface area (Å²) in [6.07, 6.45) is 1.71. The summed E-state index contributed by atoms with van der Waals surface area (Å²) in [6.45, 7) is 1.91. The first kappa shape index (κ1) is 8.91. The summed E-state index contributed by atoms with van der Waals surface area (Å²) in [7, 11) is 0. The molecule has 13 heavy (non-hydrogen) atoms. The van der Waals surface area contributed by atoms with E-state index in [0.717, 1.165) is 21.1 Å². The van der Waals surface area contributed by atoms with Gasteiger partial charge in [-0.2, -0.15) is 0 Å². The van der Waals surface area contributed by atoms with Gasteiger partial charge in [-0.1, -0.05) is 11.6 Å². The molecule has 0 saturated carbocycles. The van der Waals surface area contributed by atoms with Crippen molar-refractivity contribution in [1.29, 1.82) is 0 Å². The molecule has 0 saturated heterocycles. The van der Waals surface area contributed by atoms with E-state index in [-0.39, 0.29) is 0 Å². The van der Waals surface area contributed by atoms with Crippen LogP contribution >= 0.6 is 27.5 Å². The highest BCUT2D eigenvalue weighted by molar-refractivity contribution is 9.10. The number of pyridine rings is 2. The normalized spacial score (nSPS) is 10.7. The number of aryl methyl sites for hydroxylation is 1. The molecule has 0 unspecified atom stereocenters. The highest BCUT2D eigenvalue weighted by Crippen LogP contribution is 2.22. The predicted molar refractivity (Wildman–Crippen MR) is 57.0 cm³/mol. The van der Waals surface area contributed by atoms with E-state index in [1.807, 2.05) is 19.1 Å². The molecular formula is C9H6BrClN2. The van der Waals surface area contributed by atoms with E-state index < -0.39 is 0 Å². The zero-order valence-electron chi connectivity index (χ0n) is 6.88. The van der Waals surface area contributed by atoms with Crippen LogP contribution < -0.4 is 0 Å². The molecule has 2 heterocycles. The van der Waals surface area contributed by atoms with Crippen molar-refractivity contribution in [3.63, 3.8) is 0 Å². The van der Waals surface area contributed by atoms with Crippen molar-refractivity contribution < 1.29 is 0 Å². The fourth-order valence-corrected chi connectivity index (χ4v) is 1.84. The van der Waals surface area contributed by atoms with Gasteiger partial charge < -0.3 is 0 Å². The second-order valence-electron chi connectivity index (χ2n) is 2.78. The van der Waals surface area contributed by atoms with Crippen LogP contribution in [0.2, 0.25) is 5.15 Å². The third kappa shape index (κ3) is 1.67. The molecule has 4 heteroatoms. The Morgan fingerprint density at radius 2 is 2.15 bits per heavy atom. The lowest BCUT2D eigenvalue weighted by Gasteiger charge is -2.00. The third-order valence-corrected chi connectivity index (χ3v) is 2.42. The molecule has 0 aliphatic rings. The fraction of sp³-hybridized carbons (Fsp3) is 0.111. The highest BCUT2D eigenvalue weighted by atomic mass is 79.9. The van der Waals surface area contributed by atoms with Crippen molar-refractivity contribution in [3.8, 4) is 0 Å². The maximum Gasteiger partial charge on any atom is 0.155 e. The second-order valence-corrected chi connectivity index (χ2v) is 4.05. The molecule has 2 aromatic rings. The summed E-state index contributed by atoms with van der Waals surface area (Å²) >= 11 is 9.28. The van der Waals surface area contributed by atoms with Crippen LogP contribution in [0.3, 0.4) is 0 Å². The summed E-state index contributed by atoms with van der Waals surface area (Å²) in [6, 6.07) is 3.93. The van der Waals surface area contributed by atoms with Crippen LogP contribution in [0.1, 0.15) is 5.69 Å². The Hall–Kier alpha value is -0.670. The molecular weight excluding hydrogens is 251 g/mol. The molecule has 0 radical (unpaired) electrons. The fourth-order valence-electron chi connectivity index (χ4n) is 1.20. The maximum absolute atomic E-state index is 5.93. The van der Waals surface area contributed by atoms with Gasteiger partial charge in [0.05, 0.1) is 0 Å². The lowest BCUT2D eigenvalue weighted by Crippen LogP contribution is -1.86. The number of nitrogens with zero attached hydrogens (tertiary/aromatic N) is 2. The molecule has 0 atom stereocenters. The Morgan fingerprint density at radius 1 is 1.38 bits per heavy atom. The minimum absolute atomic E-state index is 0.461. The van der Waals surface area contributed by atoms with Crippen molar-refractivity contribution >= 4 is 38.4 Å². The van der Waals surface area contributed by atoms with Gasteiger partial charge in [0.2, 0.25) is 0 Å². The summed E-state index contributed by atoms with van der Waals surface area (Å²) in [5.41, 5.74) is 1.65.